The molecule has 2 aliphatic heterocycles. The van der Waals surface area contributed by atoms with Crippen molar-refractivity contribution in [2.45, 2.75) is 45.3 Å². The Morgan fingerprint density at radius 1 is 1.18 bits per heavy atom. The molecule has 3 aromatic heterocycles. The molecule has 38 heavy (non-hydrogen) atoms. The minimum Gasteiger partial charge on any atom is -0.381 e. The quantitative estimate of drug-likeness (QED) is 0.428. The van der Waals surface area contributed by atoms with Gasteiger partial charge >= 0.3 is 6.03 Å². The number of nitrogens with zero attached hydrogens (tertiary/aromatic N) is 7. The summed E-state index contributed by atoms with van der Waals surface area (Å²) in [7, 11) is 1.78. The van der Waals surface area contributed by atoms with Gasteiger partial charge in [0.05, 0.1) is 29.7 Å². The molecule has 0 aromatic carbocycles. The summed E-state index contributed by atoms with van der Waals surface area (Å²) < 4.78 is 9.30. The smallest absolute Gasteiger partial charge is 0.381 e. The third-order valence-electron chi connectivity index (χ3n) is 7.51. The Bertz CT molecular complexity index is 1230. The van der Waals surface area contributed by atoms with Crippen molar-refractivity contribution >= 4 is 23.0 Å². The number of methoxy groups -OCH3 is 1. The van der Waals surface area contributed by atoms with Crippen molar-refractivity contribution in [3.8, 4) is 0 Å². The molecule has 0 radical (unpaired) electrons. The van der Waals surface area contributed by atoms with E-state index in [1.54, 1.807) is 17.9 Å². The van der Waals surface area contributed by atoms with Gasteiger partial charge in [-0.25, -0.2) is 19.3 Å². The van der Waals surface area contributed by atoms with Gasteiger partial charge in [-0.3, -0.25) is 9.88 Å². The molecular formula is C27H40N9O2+. The second kappa shape index (κ2) is 12.1. The van der Waals surface area contributed by atoms with Crippen LogP contribution in [0.2, 0.25) is 0 Å². The highest BCUT2D eigenvalue weighted by molar-refractivity contribution is 5.87. The van der Waals surface area contributed by atoms with E-state index in [0.717, 1.165) is 87.0 Å². The third-order valence-corrected chi connectivity index (χ3v) is 7.51. The van der Waals surface area contributed by atoms with Crippen molar-refractivity contribution in [1.29, 1.82) is 0 Å². The molecule has 2 N–H and O–H groups in total. The highest BCUT2D eigenvalue weighted by atomic mass is 16.5. The highest BCUT2D eigenvalue weighted by Gasteiger charge is 2.25. The minimum atomic E-state index is -0.128. The van der Waals surface area contributed by atoms with E-state index in [9.17, 15) is 4.79 Å². The molecule has 11 heteroatoms. The average molecular weight is 523 g/mol. The summed E-state index contributed by atoms with van der Waals surface area (Å²) in [6.07, 6.45) is 8.40. The number of nitrogens with one attached hydrogen (secondary N) is 2. The Hall–Kier alpha value is -3.15. The van der Waals surface area contributed by atoms with Gasteiger partial charge in [-0.15, -0.1) is 4.57 Å². The zero-order valence-electron chi connectivity index (χ0n) is 22.8. The predicted molar refractivity (Wildman–Crippen MR) is 146 cm³/mol. The number of fused-ring (bicyclic) bond motifs is 1. The van der Waals surface area contributed by atoms with Crippen LogP contribution in [0.25, 0.3) is 11.0 Å². The summed E-state index contributed by atoms with van der Waals surface area (Å²) in [4.78, 5) is 31.7. The van der Waals surface area contributed by atoms with E-state index >= 15 is 0 Å². The molecule has 2 aliphatic rings. The fraction of sp³-hybridized carbons (Fsp3) is 0.593. The molecule has 0 atom stereocenters. The van der Waals surface area contributed by atoms with Crippen LogP contribution < -0.4 is 20.1 Å². The van der Waals surface area contributed by atoms with Crippen LogP contribution in [0.5, 0.6) is 0 Å². The molecular weight excluding hydrogens is 482 g/mol. The molecule has 0 saturated carbocycles. The summed E-state index contributed by atoms with van der Waals surface area (Å²) in [6, 6.07) is 4.09. The minimum absolute atomic E-state index is 0.128. The van der Waals surface area contributed by atoms with Gasteiger partial charge in [0.25, 0.3) is 6.33 Å². The van der Waals surface area contributed by atoms with E-state index in [1.807, 2.05) is 18.6 Å². The molecule has 0 bridgehead atoms. The molecule has 2 fully saturated rings. The number of hydrogen-bond donors (Lipinski definition) is 2. The lowest BCUT2D eigenvalue weighted by Crippen LogP contribution is -2.46. The van der Waals surface area contributed by atoms with Crippen LogP contribution in [0.4, 0.5) is 10.7 Å². The van der Waals surface area contributed by atoms with Crippen molar-refractivity contribution in [3.05, 3.63) is 42.2 Å². The zero-order valence-corrected chi connectivity index (χ0v) is 22.8. The van der Waals surface area contributed by atoms with E-state index in [1.165, 1.54) is 0 Å². The molecule has 5 heterocycles. The Morgan fingerprint density at radius 2 is 1.97 bits per heavy atom. The topological polar surface area (TPSA) is 104 Å². The average Bonchev–Trinajstić information content (AvgIpc) is 3.33. The summed E-state index contributed by atoms with van der Waals surface area (Å²) >= 11 is 0. The number of piperidine rings is 1. The first-order valence-electron chi connectivity index (χ1n) is 13.7. The Labute approximate surface area is 224 Å². The second-order valence-electron chi connectivity index (χ2n) is 10.4. The first-order valence-corrected chi connectivity index (χ1v) is 13.7. The van der Waals surface area contributed by atoms with Gasteiger partial charge in [0, 0.05) is 78.2 Å². The van der Waals surface area contributed by atoms with Crippen molar-refractivity contribution in [2.24, 2.45) is 0 Å². The van der Waals surface area contributed by atoms with Crippen molar-refractivity contribution < 1.29 is 14.1 Å². The second-order valence-corrected chi connectivity index (χ2v) is 10.4. The van der Waals surface area contributed by atoms with Crippen LogP contribution >= 0.6 is 0 Å². The number of rotatable bonds is 8. The highest BCUT2D eigenvalue weighted by Crippen LogP contribution is 2.19. The zero-order chi connectivity index (χ0) is 26.5. The van der Waals surface area contributed by atoms with Crippen molar-refractivity contribution in [1.82, 2.24) is 35.1 Å². The van der Waals surface area contributed by atoms with Gasteiger partial charge in [-0.1, -0.05) is 0 Å². The lowest BCUT2D eigenvalue weighted by atomic mass is 10.1. The lowest BCUT2D eigenvalue weighted by Gasteiger charge is -2.31. The van der Waals surface area contributed by atoms with Crippen molar-refractivity contribution in [2.75, 3.05) is 64.4 Å². The number of piperazine rings is 1. The summed E-state index contributed by atoms with van der Waals surface area (Å²) in [5.41, 5.74) is 3.62. The van der Waals surface area contributed by atoms with E-state index in [2.05, 4.69) is 49.9 Å². The Kier molecular flexibility index (Phi) is 8.45. The Balaban J connectivity index is 1.29. The fourth-order valence-corrected chi connectivity index (χ4v) is 5.24. The maximum absolute atomic E-state index is 13.1. The maximum atomic E-state index is 13.1. The van der Waals surface area contributed by atoms with Crippen LogP contribution in [-0.2, 0) is 11.2 Å². The number of imidazole rings is 1. The normalized spacial score (nSPS) is 17.4. The van der Waals surface area contributed by atoms with Gasteiger partial charge in [0.1, 0.15) is 0 Å². The first-order chi connectivity index (χ1) is 18.5. The predicted octanol–water partition coefficient (Wildman–Crippen LogP) is 1.36. The van der Waals surface area contributed by atoms with Crippen LogP contribution in [0.1, 0.15) is 44.1 Å². The number of hydrogen-bond acceptors (Lipinski definition) is 8. The lowest BCUT2D eigenvalue weighted by molar-refractivity contribution is -0.691. The van der Waals surface area contributed by atoms with Crippen LogP contribution in [0.15, 0.2) is 30.9 Å². The van der Waals surface area contributed by atoms with Crippen molar-refractivity contribution in [3.63, 3.8) is 0 Å². The molecule has 11 nitrogen and oxygen atoms in total. The number of aromatic nitrogens is 5. The molecule has 1 amide bonds. The number of ether oxygens (including phenoxy) is 1. The molecule has 3 aromatic rings. The summed E-state index contributed by atoms with van der Waals surface area (Å²) in [5, 5.41) is 6.44. The monoisotopic (exact) mass is 522 g/mol. The van der Waals surface area contributed by atoms with E-state index in [-0.39, 0.29) is 12.1 Å². The molecule has 0 unspecified atom stereocenters. The molecule has 204 valence electrons. The van der Waals surface area contributed by atoms with E-state index in [0.29, 0.717) is 19.1 Å². The third kappa shape index (κ3) is 6.11. The number of carbonyl (C=O) groups excluding carboxylic acids is 1. The number of anilines is 1. The fourth-order valence-electron chi connectivity index (χ4n) is 5.24. The van der Waals surface area contributed by atoms with Gasteiger partial charge in [0.2, 0.25) is 11.5 Å². The van der Waals surface area contributed by atoms with Crippen LogP contribution in [0, 0.1) is 0 Å². The molecule has 0 aliphatic carbocycles. The molecule has 2 saturated heterocycles. The summed E-state index contributed by atoms with van der Waals surface area (Å²) in [6.45, 7) is 11.5. The van der Waals surface area contributed by atoms with Crippen LogP contribution in [-0.4, -0.2) is 96.0 Å². The summed E-state index contributed by atoms with van der Waals surface area (Å²) in [5.74, 6) is 0.763. The van der Waals surface area contributed by atoms with Gasteiger partial charge in [-0.05, 0) is 32.8 Å². The maximum Gasteiger partial charge on any atom is 0.413 e. The number of amides is 1. The van der Waals surface area contributed by atoms with E-state index in [4.69, 9.17) is 14.7 Å². The largest absolute Gasteiger partial charge is 0.413 e. The molecule has 5 rings (SSSR count). The van der Waals surface area contributed by atoms with E-state index < -0.39 is 0 Å². The first kappa shape index (κ1) is 26.5. The standard InChI is InChI=1S/C27H39N9O2/c1-20(2)35-19-36(27(37)30-10-15-33-13-8-28-9-14-33)25-18-31-22(17-24(25)35)16-21-4-7-29-26(32-21)34-11-5-23(38-3)6-12-34/h4,7,17-20,23,28H,5-6,8-16H2,1-3H3/p+1. The molecule has 0 spiro atoms. The Morgan fingerprint density at radius 3 is 2.71 bits per heavy atom. The van der Waals surface area contributed by atoms with Gasteiger partial charge < -0.3 is 20.3 Å². The van der Waals surface area contributed by atoms with Gasteiger partial charge in [0.15, 0.2) is 5.52 Å². The number of carbonyl (C=O) groups is 1. The van der Waals surface area contributed by atoms with Gasteiger partial charge in [-0.2, -0.15) is 0 Å². The SMILES string of the molecule is COC1CCN(c2nccc(Cc3cc4c(cn3)n(C(=O)NCCN3CCNCC3)c[n+]4C(C)C)n2)CC1. The van der Waals surface area contributed by atoms with Crippen LogP contribution in [0.3, 0.4) is 0 Å². The number of pyridine rings is 1.